The maximum absolute atomic E-state index is 12.9. The molecule has 0 saturated carbocycles. The summed E-state index contributed by atoms with van der Waals surface area (Å²) in [6.45, 7) is 0. The van der Waals surface area contributed by atoms with Gasteiger partial charge >= 0.3 is 0 Å². The molecule has 4 aromatic carbocycles. The van der Waals surface area contributed by atoms with Gasteiger partial charge in [-0.15, -0.1) is 0 Å². The predicted octanol–water partition coefficient (Wildman–Crippen LogP) is 4.67. The fraction of sp³-hybridized carbons (Fsp3) is 0.0667. The van der Waals surface area contributed by atoms with E-state index >= 15 is 0 Å². The topological polar surface area (TPSA) is 101 Å². The first-order chi connectivity index (χ1) is 18.6. The van der Waals surface area contributed by atoms with Crippen LogP contribution in [-0.4, -0.2) is 37.5 Å². The Morgan fingerprint density at radius 3 is 1.16 bits per heavy atom. The van der Waals surface area contributed by atoms with Crippen molar-refractivity contribution in [2.45, 2.75) is 0 Å². The molecule has 8 heteroatoms. The molecule has 0 radical (unpaired) electrons. The van der Waals surface area contributed by atoms with Crippen LogP contribution in [0.5, 0.6) is 11.5 Å². The molecule has 0 saturated heterocycles. The summed E-state index contributed by atoms with van der Waals surface area (Å²) in [7, 11) is 3.12. The van der Waals surface area contributed by atoms with Crippen molar-refractivity contribution in [3.63, 3.8) is 0 Å². The number of amides is 2. The molecule has 190 valence electrons. The van der Waals surface area contributed by atoms with E-state index in [2.05, 4.69) is 21.1 Å². The van der Waals surface area contributed by atoms with Crippen LogP contribution in [0.25, 0.3) is 0 Å². The summed E-state index contributed by atoms with van der Waals surface area (Å²) in [5, 5.41) is 8.90. The SMILES string of the molecule is COc1ccc(C(=O)N/N=C(/C(=N/NC(=O)c2ccc(OC)cc2)c2ccccc2)c2ccccc2)cc1. The summed E-state index contributed by atoms with van der Waals surface area (Å²) in [6, 6.07) is 31.9. The van der Waals surface area contributed by atoms with Gasteiger partial charge in [-0.25, -0.2) is 10.9 Å². The van der Waals surface area contributed by atoms with Gasteiger partial charge in [0.1, 0.15) is 22.9 Å². The van der Waals surface area contributed by atoms with Gasteiger partial charge in [-0.2, -0.15) is 10.2 Å². The Hall–Kier alpha value is -5.24. The summed E-state index contributed by atoms with van der Waals surface area (Å²) in [5.41, 5.74) is 8.19. The van der Waals surface area contributed by atoms with E-state index in [1.807, 2.05) is 60.7 Å². The minimum atomic E-state index is -0.407. The molecule has 2 N–H and O–H groups in total. The normalized spacial score (nSPS) is 11.4. The van der Waals surface area contributed by atoms with Gasteiger partial charge in [0.25, 0.3) is 11.8 Å². The molecule has 0 aromatic heterocycles. The molecule has 0 heterocycles. The Labute approximate surface area is 220 Å². The Morgan fingerprint density at radius 2 is 0.842 bits per heavy atom. The molecular weight excluding hydrogens is 480 g/mol. The Morgan fingerprint density at radius 1 is 0.500 bits per heavy atom. The summed E-state index contributed by atoms with van der Waals surface area (Å²) in [6.07, 6.45) is 0. The minimum Gasteiger partial charge on any atom is -0.497 e. The molecule has 0 atom stereocenters. The highest BCUT2D eigenvalue weighted by Gasteiger charge is 2.17. The fourth-order valence-corrected chi connectivity index (χ4v) is 3.53. The third kappa shape index (κ3) is 6.50. The number of methoxy groups -OCH3 is 2. The molecule has 0 aliphatic heterocycles. The molecule has 0 fully saturated rings. The number of nitrogens with one attached hydrogen (secondary N) is 2. The second kappa shape index (κ2) is 12.6. The van der Waals surface area contributed by atoms with Crippen LogP contribution in [0.4, 0.5) is 0 Å². The lowest BCUT2D eigenvalue weighted by Gasteiger charge is -2.12. The lowest BCUT2D eigenvalue weighted by atomic mass is 10.00. The molecule has 8 nitrogen and oxygen atoms in total. The largest absolute Gasteiger partial charge is 0.497 e. The number of hydrazone groups is 2. The van der Waals surface area contributed by atoms with E-state index in [0.717, 1.165) is 0 Å². The van der Waals surface area contributed by atoms with Gasteiger partial charge in [0.15, 0.2) is 0 Å². The zero-order chi connectivity index (χ0) is 26.7. The Bertz CT molecular complexity index is 1320. The molecular formula is C30H26N4O4. The lowest BCUT2D eigenvalue weighted by Crippen LogP contribution is -2.28. The first-order valence-electron chi connectivity index (χ1n) is 11.7. The average Bonchev–Trinajstić information content (AvgIpc) is 2.99. The van der Waals surface area contributed by atoms with Crippen molar-refractivity contribution >= 4 is 23.2 Å². The predicted molar refractivity (Wildman–Crippen MR) is 147 cm³/mol. The summed E-state index contributed by atoms with van der Waals surface area (Å²) >= 11 is 0. The van der Waals surface area contributed by atoms with E-state index < -0.39 is 11.8 Å². The van der Waals surface area contributed by atoms with Gasteiger partial charge < -0.3 is 9.47 Å². The maximum Gasteiger partial charge on any atom is 0.271 e. The van der Waals surface area contributed by atoms with Gasteiger partial charge in [-0.1, -0.05) is 60.7 Å². The van der Waals surface area contributed by atoms with E-state index in [0.29, 0.717) is 45.2 Å². The van der Waals surface area contributed by atoms with Crippen LogP contribution >= 0.6 is 0 Å². The number of carbonyl (C=O) groups excluding carboxylic acids is 2. The van der Waals surface area contributed by atoms with Crippen LogP contribution in [0.1, 0.15) is 31.8 Å². The van der Waals surface area contributed by atoms with E-state index in [1.165, 1.54) is 0 Å². The smallest absolute Gasteiger partial charge is 0.271 e. The second-order valence-electron chi connectivity index (χ2n) is 7.99. The molecule has 4 rings (SSSR count). The van der Waals surface area contributed by atoms with Gasteiger partial charge in [-0.3, -0.25) is 9.59 Å². The highest BCUT2D eigenvalue weighted by molar-refractivity contribution is 6.53. The van der Waals surface area contributed by atoms with Crippen molar-refractivity contribution in [1.82, 2.24) is 10.9 Å². The summed E-state index contributed by atoms with van der Waals surface area (Å²) in [4.78, 5) is 25.7. The number of carbonyl (C=O) groups is 2. The van der Waals surface area contributed by atoms with Crippen LogP contribution in [0.15, 0.2) is 119 Å². The van der Waals surface area contributed by atoms with Crippen molar-refractivity contribution in [1.29, 1.82) is 0 Å². The maximum atomic E-state index is 12.9. The molecule has 0 spiro atoms. The standard InChI is InChI=1S/C30H26N4O4/c1-37-25-17-13-23(14-18-25)29(35)33-31-27(21-9-5-3-6-10-21)28(22-11-7-4-8-12-22)32-34-30(36)24-15-19-26(38-2)20-16-24/h3-20H,1-2H3,(H,33,35)(H,34,36)/b31-27+,32-28+. The first-order valence-corrected chi connectivity index (χ1v) is 11.7. The molecule has 38 heavy (non-hydrogen) atoms. The van der Waals surface area contributed by atoms with Crippen LogP contribution in [0, 0.1) is 0 Å². The van der Waals surface area contributed by atoms with Crippen molar-refractivity contribution in [2.75, 3.05) is 14.2 Å². The lowest BCUT2D eigenvalue weighted by molar-refractivity contribution is 0.0946. The third-order valence-corrected chi connectivity index (χ3v) is 5.56. The molecule has 4 aromatic rings. The van der Waals surface area contributed by atoms with Gasteiger partial charge in [0.05, 0.1) is 14.2 Å². The minimum absolute atomic E-state index is 0.369. The summed E-state index contributed by atoms with van der Waals surface area (Å²) in [5.74, 6) is 0.466. The van der Waals surface area contributed by atoms with Gasteiger partial charge in [0, 0.05) is 22.3 Å². The number of hydrogen-bond acceptors (Lipinski definition) is 6. The molecule has 0 unspecified atom stereocenters. The molecule has 0 aliphatic carbocycles. The number of nitrogens with zero attached hydrogens (tertiary/aromatic N) is 2. The first kappa shape index (κ1) is 25.8. The molecule has 2 amide bonds. The monoisotopic (exact) mass is 506 g/mol. The number of ether oxygens (including phenoxy) is 2. The highest BCUT2D eigenvalue weighted by Crippen LogP contribution is 2.14. The quantitative estimate of drug-likeness (QED) is 0.254. The Balaban J connectivity index is 1.70. The van der Waals surface area contributed by atoms with Crippen molar-refractivity contribution in [3.05, 3.63) is 131 Å². The zero-order valence-corrected chi connectivity index (χ0v) is 20.9. The van der Waals surface area contributed by atoms with E-state index in [4.69, 9.17) is 9.47 Å². The second-order valence-corrected chi connectivity index (χ2v) is 7.99. The number of hydrogen-bond donors (Lipinski definition) is 2. The van der Waals surface area contributed by atoms with E-state index in [1.54, 1.807) is 62.8 Å². The number of benzene rings is 4. The van der Waals surface area contributed by atoms with Crippen LogP contribution in [0.3, 0.4) is 0 Å². The third-order valence-electron chi connectivity index (χ3n) is 5.56. The van der Waals surface area contributed by atoms with Crippen molar-refractivity contribution in [3.8, 4) is 11.5 Å². The Kier molecular flexibility index (Phi) is 8.60. The highest BCUT2D eigenvalue weighted by atomic mass is 16.5. The van der Waals surface area contributed by atoms with Crippen LogP contribution in [-0.2, 0) is 0 Å². The van der Waals surface area contributed by atoms with Gasteiger partial charge in [-0.05, 0) is 48.5 Å². The summed E-state index contributed by atoms with van der Waals surface area (Å²) < 4.78 is 10.3. The molecule has 0 aliphatic rings. The van der Waals surface area contributed by atoms with Crippen LogP contribution in [0.2, 0.25) is 0 Å². The van der Waals surface area contributed by atoms with Crippen LogP contribution < -0.4 is 20.3 Å². The fourth-order valence-electron chi connectivity index (χ4n) is 3.53. The zero-order valence-electron chi connectivity index (χ0n) is 20.9. The molecule has 0 bridgehead atoms. The van der Waals surface area contributed by atoms with E-state index in [9.17, 15) is 9.59 Å². The van der Waals surface area contributed by atoms with Crippen molar-refractivity contribution in [2.24, 2.45) is 10.2 Å². The van der Waals surface area contributed by atoms with E-state index in [-0.39, 0.29) is 0 Å². The van der Waals surface area contributed by atoms with Gasteiger partial charge in [0.2, 0.25) is 0 Å². The number of rotatable bonds is 9. The average molecular weight is 507 g/mol. The van der Waals surface area contributed by atoms with Crippen molar-refractivity contribution < 1.29 is 19.1 Å².